The van der Waals surface area contributed by atoms with Crippen molar-refractivity contribution < 1.29 is 5.11 Å². The highest BCUT2D eigenvalue weighted by Crippen LogP contribution is 2.06. The van der Waals surface area contributed by atoms with Crippen molar-refractivity contribution >= 4 is 0 Å². The lowest BCUT2D eigenvalue weighted by Gasteiger charge is -2.26. The Morgan fingerprint density at radius 3 is 2.64 bits per heavy atom. The summed E-state index contributed by atoms with van der Waals surface area (Å²) in [4.78, 5) is 6.33. The summed E-state index contributed by atoms with van der Waals surface area (Å²) in [6, 6.07) is 6.02. The molecule has 3 heteroatoms. The van der Waals surface area contributed by atoms with E-state index in [4.69, 9.17) is 0 Å². The molecule has 1 heterocycles. The van der Waals surface area contributed by atoms with E-state index in [1.807, 2.05) is 32.2 Å². The molecule has 0 spiro atoms. The van der Waals surface area contributed by atoms with E-state index in [9.17, 15) is 5.11 Å². The van der Waals surface area contributed by atoms with Crippen LogP contribution < -0.4 is 0 Å². The number of rotatable bonds is 4. The van der Waals surface area contributed by atoms with Gasteiger partial charge in [0.1, 0.15) is 0 Å². The third-order valence-electron chi connectivity index (χ3n) is 2.53. The number of nitrogens with zero attached hydrogens (tertiary/aromatic N) is 2. The van der Waals surface area contributed by atoms with Crippen molar-refractivity contribution in [1.82, 2.24) is 9.88 Å². The molecule has 0 radical (unpaired) electrons. The lowest BCUT2D eigenvalue weighted by atomic mass is 10.2. The van der Waals surface area contributed by atoms with Crippen LogP contribution in [0.5, 0.6) is 0 Å². The minimum absolute atomic E-state index is 0.150. The second kappa shape index (κ2) is 5.08. The number of aliphatic hydroxyl groups excluding tert-OH is 1. The Hall–Kier alpha value is -0.930. The summed E-state index contributed by atoms with van der Waals surface area (Å²) >= 11 is 0. The molecular weight excluding hydrogens is 176 g/mol. The molecule has 2 atom stereocenters. The number of aromatic nitrogens is 1. The van der Waals surface area contributed by atoms with Crippen LogP contribution >= 0.6 is 0 Å². The fraction of sp³-hybridized carbons (Fsp3) is 0.545. The maximum absolute atomic E-state index is 9.41. The molecule has 0 aliphatic heterocycles. The Bertz CT molecular complexity index is 261. The first-order valence-corrected chi connectivity index (χ1v) is 4.89. The van der Waals surface area contributed by atoms with E-state index in [0.29, 0.717) is 0 Å². The number of hydrogen-bond acceptors (Lipinski definition) is 3. The van der Waals surface area contributed by atoms with Gasteiger partial charge in [-0.1, -0.05) is 6.07 Å². The Balaban J connectivity index is 2.53. The normalized spacial score (nSPS) is 15.5. The predicted octanol–water partition coefficient (Wildman–Crippen LogP) is 1.28. The van der Waals surface area contributed by atoms with Gasteiger partial charge in [0.25, 0.3) is 0 Å². The third kappa shape index (κ3) is 3.09. The quantitative estimate of drug-likeness (QED) is 0.784. The molecule has 0 fully saturated rings. The van der Waals surface area contributed by atoms with Gasteiger partial charge in [-0.15, -0.1) is 0 Å². The largest absolute Gasteiger partial charge is 0.392 e. The number of hydrogen-bond donors (Lipinski definition) is 1. The SMILES string of the molecule is CC(O)C(C)N(C)Cc1ccccn1. The first-order valence-electron chi connectivity index (χ1n) is 4.89. The highest BCUT2D eigenvalue weighted by atomic mass is 16.3. The lowest BCUT2D eigenvalue weighted by molar-refractivity contribution is 0.0821. The van der Waals surface area contributed by atoms with Crippen LogP contribution in [0.4, 0.5) is 0 Å². The maximum atomic E-state index is 9.41. The minimum Gasteiger partial charge on any atom is -0.392 e. The van der Waals surface area contributed by atoms with Crippen molar-refractivity contribution in [2.75, 3.05) is 7.05 Å². The zero-order valence-corrected chi connectivity index (χ0v) is 9.01. The van der Waals surface area contributed by atoms with E-state index < -0.39 is 0 Å². The Kier molecular flexibility index (Phi) is 4.04. The van der Waals surface area contributed by atoms with Crippen LogP contribution in [0.3, 0.4) is 0 Å². The summed E-state index contributed by atoms with van der Waals surface area (Å²) in [5.74, 6) is 0. The first-order chi connectivity index (χ1) is 6.61. The smallest absolute Gasteiger partial charge is 0.0664 e. The molecule has 2 unspecified atom stereocenters. The van der Waals surface area contributed by atoms with Crippen molar-refractivity contribution in [2.24, 2.45) is 0 Å². The van der Waals surface area contributed by atoms with E-state index in [-0.39, 0.29) is 12.1 Å². The molecule has 1 aromatic rings. The van der Waals surface area contributed by atoms with Crippen LogP contribution in [0.2, 0.25) is 0 Å². The van der Waals surface area contributed by atoms with E-state index >= 15 is 0 Å². The monoisotopic (exact) mass is 194 g/mol. The lowest BCUT2D eigenvalue weighted by Crippen LogP contribution is -2.37. The Labute approximate surface area is 85.4 Å². The summed E-state index contributed by atoms with van der Waals surface area (Å²) in [6.07, 6.45) is 1.47. The number of likely N-dealkylation sites (N-methyl/N-ethyl adjacent to an activating group) is 1. The standard InChI is InChI=1S/C11H18N2O/c1-9(10(2)14)13(3)8-11-6-4-5-7-12-11/h4-7,9-10,14H,8H2,1-3H3. The average molecular weight is 194 g/mol. The highest BCUT2D eigenvalue weighted by Gasteiger charge is 2.14. The van der Waals surface area contributed by atoms with Crippen molar-refractivity contribution in [3.63, 3.8) is 0 Å². The summed E-state index contributed by atoms with van der Waals surface area (Å²) in [5.41, 5.74) is 1.03. The molecule has 1 aromatic heterocycles. The highest BCUT2D eigenvalue weighted by molar-refractivity contribution is 5.03. The van der Waals surface area contributed by atoms with Gasteiger partial charge in [0.2, 0.25) is 0 Å². The summed E-state index contributed by atoms with van der Waals surface area (Å²) in [6.45, 7) is 4.58. The summed E-state index contributed by atoms with van der Waals surface area (Å²) in [5, 5.41) is 9.41. The van der Waals surface area contributed by atoms with E-state index in [0.717, 1.165) is 12.2 Å². The zero-order chi connectivity index (χ0) is 10.6. The molecule has 0 aromatic carbocycles. The molecule has 0 aliphatic carbocycles. The first kappa shape index (κ1) is 11.1. The molecule has 1 N–H and O–H groups in total. The van der Waals surface area contributed by atoms with Crippen molar-refractivity contribution in [3.05, 3.63) is 30.1 Å². The van der Waals surface area contributed by atoms with Gasteiger partial charge in [-0.25, -0.2) is 0 Å². The van der Waals surface area contributed by atoms with Gasteiger partial charge in [-0.2, -0.15) is 0 Å². The van der Waals surface area contributed by atoms with Gasteiger partial charge in [0.15, 0.2) is 0 Å². The van der Waals surface area contributed by atoms with Gasteiger partial charge < -0.3 is 5.11 Å². The minimum atomic E-state index is -0.316. The van der Waals surface area contributed by atoms with Gasteiger partial charge >= 0.3 is 0 Å². The Morgan fingerprint density at radius 1 is 1.43 bits per heavy atom. The van der Waals surface area contributed by atoms with E-state index in [1.165, 1.54) is 0 Å². The molecule has 0 saturated heterocycles. The molecular formula is C11H18N2O. The molecule has 3 nitrogen and oxygen atoms in total. The molecule has 14 heavy (non-hydrogen) atoms. The van der Waals surface area contributed by atoms with E-state index in [1.54, 1.807) is 13.1 Å². The van der Waals surface area contributed by atoms with Crippen LogP contribution in [-0.2, 0) is 6.54 Å². The van der Waals surface area contributed by atoms with Crippen molar-refractivity contribution in [3.8, 4) is 0 Å². The summed E-state index contributed by atoms with van der Waals surface area (Å²) in [7, 11) is 1.99. The van der Waals surface area contributed by atoms with Crippen LogP contribution in [-0.4, -0.2) is 34.2 Å². The van der Waals surface area contributed by atoms with Crippen LogP contribution in [0.25, 0.3) is 0 Å². The number of pyridine rings is 1. The third-order valence-corrected chi connectivity index (χ3v) is 2.53. The molecule has 0 aliphatic rings. The molecule has 1 rings (SSSR count). The van der Waals surface area contributed by atoms with E-state index in [2.05, 4.69) is 9.88 Å². The van der Waals surface area contributed by atoms with Crippen LogP contribution in [0, 0.1) is 0 Å². The van der Waals surface area contributed by atoms with Gasteiger partial charge in [-0.05, 0) is 33.0 Å². The second-order valence-corrected chi connectivity index (χ2v) is 3.72. The fourth-order valence-corrected chi connectivity index (χ4v) is 1.26. The van der Waals surface area contributed by atoms with Gasteiger partial charge in [0, 0.05) is 18.8 Å². The van der Waals surface area contributed by atoms with Gasteiger partial charge in [0.05, 0.1) is 11.8 Å². The fourth-order valence-electron chi connectivity index (χ4n) is 1.26. The topological polar surface area (TPSA) is 36.4 Å². The molecule has 0 bridgehead atoms. The van der Waals surface area contributed by atoms with Crippen molar-refractivity contribution in [1.29, 1.82) is 0 Å². The number of aliphatic hydroxyl groups is 1. The average Bonchev–Trinajstić information content (AvgIpc) is 2.18. The predicted molar refractivity (Wildman–Crippen MR) is 56.8 cm³/mol. The molecule has 0 amide bonds. The molecule has 0 saturated carbocycles. The zero-order valence-electron chi connectivity index (χ0n) is 9.01. The van der Waals surface area contributed by atoms with Crippen LogP contribution in [0.1, 0.15) is 19.5 Å². The molecule has 78 valence electrons. The van der Waals surface area contributed by atoms with Crippen molar-refractivity contribution in [2.45, 2.75) is 32.5 Å². The summed E-state index contributed by atoms with van der Waals surface area (Å²) < 4.78 is 0. The van der Waals surface area contributed by atoms with Crippen LogP contribution in [0.15, 0.2) is 24.4 Å². The van der Waals surface area contributed by atoms with Gasteiger partial charge in [-0.3, -0.25) is 9.88 Å². The maximum Gasteiger partial charge on any atom is 0.0664 e. The Morgan fingerprint density at radius 2 is 2.14 bits per heavy atom. The second-order valence-electron chi connectivity index (χ2n) is 3.72.